The molecule has 3 aromatic heterocycles. The van der Waals surface area contributed by atoms with Crippen molar-refractivity contribution in [3.05, 3.63) is 66.4 Å². The molecule has 0 amide bonds. The summed E-state index contributed by atoms with van der Waals surface area (Å²) in [5.74, 6) is 0.777. The number of ether oxygens (including phenoxy) is 1. The van der Waals surface area contributed by atoms with Gasteiger partial charge in [0.25, 0.3) is 0 Å². The van der Waals surface area contributed by atoms with E-state index in [1.807, 2.05) is 6.07 Å². The fourth-order valence-electron chi connectivity index (χ4n) is 2.70. The molecule has 28 heavy (non-hydrogen) atoms. The number of hydrogen-bond acceptors (Lipinski definition) is 7. The summed E-state index contributed by atoms with van der Waals surface area (Å²) in [4.78, 5) is 12.5. The van der Waals surface area contributed by atoms with Crippen LogP contribution in [0.25, 0.3) is 10.9 Å². The maximum Gasteiger partial charge on any atom is 0.318 e. The van der Waals surface area contributed by atoms with E-state index in [9.17, 15) is 4.39 Å². The molecule has 8 nitrogen and oxygen atoms in total. The van der Waals surface area contributed by atoms with Crippen molar-refractivity contribution in [2.24, 2.45) is 0 Å². The first-order valence-electron chi connectivity index (χ1n) is 8.61. The summed E-state index contributed by atoms with van der Waals surface area (Å²) in [7, 11) is 0. The zero-order chi connectivity index (χ0) is 19.3. The Morgan fingerprint density at radius 2 is 2.00 bits per heavy atom. The molecule has 9 heteroatoms. The third-order valence-electron chi connectivity index (χ3n) is 4.02. The average molecular weight is 380 g/mol. The Morgan fingerprint density at radius 3 is 2.86 bits per heavy atom. The van der Waals surface area contributed by atoms with Crippen molar-refractivity contribution < 1.29 is 14.2 Å². The second-order valence-electron chi connectivity index (χ2n) is 5.94. The lowest BCUT2D eigenvalue weighted by molar-refractivity contribution is 0.191. The van der Waals surface area contributed by atoms with Gasteiger partial charge in [-0.25, -0.2) is 14.4 Å². The molecule has 0 saturated heterocycles. The molecule has 0 aliphatic carbocycles. The SMILES string of the molecule is OCCOc1nccc(Nc2cc3c(cn2)cnn3Cc2ccccc2F)n1. The van der Waals surface area contributed by atoms with E-state index in [1.165, 1.54) is 6.07 Å². The van der Waals surface area contributed by atoms with Gasteiger partial charge in [-0.2, -0.15) is 10.1 Å². The van der Waals surface area contributed by atoms with Gasteiger partial charge in [-0.05, 0) is 12.1 Å². The Bertz CT molecular complexity index is 1100. The van der Waals surface area contributed by atoms with Gasteiger partial charge in [0.15, 0.2) is 0 Å². The minimum Gasteiger partial charge on any atom is -0.461 e. The van der Waals surface area contributed by atoms with Gasteiger partial charge in [-0.1, -0.05) is 18.2 Å². The van der Waals surface area contributed by atoms with Gasteiger partial charge in [-0.3, -0.25) is 4.68 Å². The maximum absolute atomic E-state index is 14.0. The quantitative estimate of drug-likeness (QED) is 0.508. The minimum absolute atomic E-state index is 0.114. The Hall–Kier alpha value is -3.59. The molecule has 4 rings (SSSR count). The summed E-state index contributed by atoms with van der Waals surface area (Å²) in [6.07, 6.45) is 4.92. The van der Waals surface area contributed by atoms with E-state index in [0.717, 1.165) is 10.9 Å². The second-order valence-corrected chi connectivity index (χ2v) is 5.94. The van der Waals surface area contributed by atoms with Crippen molar-refractivity contribution in [2.75, 3.05) is 18.5 Å². The summed E-state index contributed by atoms with van der Waals surface area (Å²) in [5, 5.41) is 17.1. The molecule has 0 saturated carbocycles. The van der Waals surface area contributed by atoms with E-state index in [0.29, 0.717) is 23.7 Å². The van der Waals surface area contributed by atoms with Gasteiger partial charge in [-0.15, -0.1) is 0 Å². The van der Waals surface area contributed by atoms with E-state index in [4.69, 9.17) is 9.84 Å². The van der Waals surface area contributed by atoms with Gasteiger partial charge in [0, 0.05) is 29.4 Å². The number of benzene rings is 1. The van der Waals surface area contributed by atoms with Crippen LogP contribution in [0.15, 0.2) is 55.0 Å². The molecule has 1 aromatic carbocycles. The van der Waals surface area contributed by atoms with E-state index >= 15 is 0 Å². The summed E-state index contributed by atoms with van der Waals surface area (Å²) in [6, 6.07) is 10.3. The number of aliphatic hydroxyl groups excluding tert-OH is 1. The highest BCUT2D eigenvalue weighted by molar-refractivity contribution is 5.80. The molecule has 0 aliphatic heterocycles. The van der Waals surface area contributed by atoms with Crippen LogP contribution >= 0.6 is 0 Å². The minimum atomic E-state index is -0.269. The zero-order valence-electron chi connectivity index (χ0n) is 14.8. The van der Waals surface area contributed by atoms with E-state index < -0.39 is 0 Å². The highest BCUT2D eigenvalue weighted by Crippen LogP contribution is 2.21. The fraction of sp³-hybridized carbons (Fsp3) is 0.158. The fourth-order valence-corrected chi connectivity index (χ4v) is 2.70. The largest absolute Gasteiger partial charge is 0.461 e. The molecule has 0 fully saturated rings. The number of aliphatic hydroxyl groups is 1. The second kappa shape index (κ2) is 7.97. The molecule has 2 N–H and O–H groups in total. The zero-order valence-corrected chi connectivity index (χ0v) is 14.8. The molecule has 0 atom stereocenters. The highest BCUT2D eigenvalue weighted by atomic mass is 19.1. The molecule has 0 unspecified atom stereocenters. The number of aromatic nitrogens is 5. The standard InChI is InChI=1S/C19H17FN6O2/c20-15-4-2-1-3-13(15)12-26-16-9-18(22-10-14(16)11-23-26)24-17-5-6-21-19(25-17)28-8-7-27/h1-6,9-11,27H,7-8,12H2,(H,21,22,24,25). The highest BCUT2D eigenvalue weighted by Gasteiger charge is 2.09. The molecule has 0 radical (unpaired) electrons. The molecule has 3 heterocycles. The monoisotopic (exact) mass is 380 g/mol. The number of pyridine rings is 1. The molecule has 4 aromatic rings. The van der Waals surface area contributed by atoms with Crippen molar-refractivity contribution in [3.63, 3.8) is 0 Å². The van der Waals surface area contributed by atoms with E-state index in [-0.39, 0.29) is 25.0 Å². The van der Waals surface area contributed by atoms with Gasteiger partial charge < -0.3 is 15.2 Å². The molecule has 0 spiro atoms. The van der Waals surface area contributed by atoms with Crippen molar-refractivity contribution in [1.29, 1.82) is 0 Å². The lowest BCUT2D eigenvalue weighted by atomic mass is 10.2. The van der Waals surface area contributed by atoms with E-state index in [1.54, 1.807) is 47.5 Å². The van der Waals surface area contributed by atoms with Crippen LogP contribution in [0.1, 0.15) is 5.56 Å². The van der Waals surface area contributed by atoms with Gasteiger partial charge in [0.2, 0.25) is 0 Å². The number of rotatable bonds is 7. The van der Waals surface area contributed by atoms with Crippen LogP contribution in [0.3, 0.4) is 0 Å². The summed E-state index contributed by atoms with van der Waals surface area (Å²) in [6.45, 7) is 0.306. The third kappa shape index (κ3) is 3.89. The van der Waals surface area contributed by atoms with Crippen molar-refractivity contribution in [1.82, 2.24) is 24.7 Å². The van der Waals surface area contributed by atoms with Crippen molar-refractivity contribution in [2.45, 2.75) is 6.54 Å². The summed E-state index contributed by atoms with van der Waals surface area (Å²) >= 11 is 0. The average Bonchev–Trinajstić information content (AvgIpc) is 3.11. The number of anilines is 2. The Labute approximate surface area is 159 Å². The first-order chi connectivity index (χ1) is 13.7. The van der Waals surface area contributed by atoms with E-state index in [2.05, 4.69) is 25.4 Å². The van der Waals surface area contributed by atoms with Crippen LogP contribution in [0, 0.1) is 5.82 Å². The molecular weight excluding hydrogens is 363 g/mol. The van der Waals surface area contributed by atoms with Crippen LogP contribution in [0.5, 0.6) is 6.01 Å². The maximum atomic E-state index is 14.0. The van der Waals surface area contributed by atoms with Crippen LogP contribution in [-0.4, -0.2) is 43.1 Å². The number of nitrogens with one attached hydrogen (secondary N) is 1. The third-order valence-corrected chi connectivity index (χ3v) is 4.02. The lowest BCUT2D eigenvalue weighted by Crippen LogP contribution is -2.06. The predicted molar refractivity (Wildman–Crippen MR) is 101 cm³/mol. The Kier molecular flexibility index (Phi) is 5.07. The number of nitrogens with zero attached hydrogens (tertiary/aromatic N) is 5. The van der Waals surface area contributed by atoms with Crippen molar-refractivity contribution in [3.8, 4) is 6.01 Å². The van der Waals surface area contributed by atoms with Crippen LogP contribution in [0.2, 0.25) is 0 Å². The van der Waals surface area contributed by atoms with Crippen LogP contribution < -0.4 is 10.1 Å². The van der Waals surface area contributed by atoms with Crippen molar-refractivity contribution >= 4 is 22.5 Å². The molecule has 0 bridgehead atoms. The number of hydrogen-bond donors (Lipinski definition) is 2. The predicted octanol–water partition coefficient (Wildman–Crippen LogP) is 2.52. The molecule has 142 valence electrons. The summed E-state index contributed by atoms with van der Waals surface area (Å²) < 4.78 is 20.9. The van der Waals surface area contributed by atoms with Crippen LogP contribution in [0.4, 0.5) is 16.0 Å². The summed E-state index contributed by atoms with van der Waals surface area (Å²) in [5.41, 5.74) is 1.37. The van der Waals surface area contributed by atoms with Gasteiger partial charge >= 0.3 is 6.01 Å². The van der Waals surface area contributed by atoms with Gasteiger partial charge in [0.05, 0.1) is 24.9 Å². The van der Waals surface area contributed by atoms with Crippen LogP contribution in [-0.2, 0) is 6.54 Å². The Morgan fingerprint density at radius 1 is 1.11 bits per heavy atom. The van der Waals surface area contributed by atoms with Gasteiger partial charge in [0.1, 0.15) is 24.1 Å². The Balaban J connectivity index is 1.58. The number of halogens is 1. The number of fused-ring (bicyclic) bond motifs is 1. The molecular formula is C19H17FN6O2. The smallest absolute Gasteiger partial charge is 0.318 e. The lowest BCUT2D eigenvalue weighted by Gasteiger charge is -2.08. The topological polar surface area (TPSA) is 98.0 Å². The molecule has 0 aliphatic rings. The first-order valence-corrected chi connectivity index (χ1v) is 8.61. The normalized spacial score (nSPS) is 10.9. The first kappa shape index (κ1) is 17.8.